The van der Waals surface area contributed by atoms with E-state index in [1.54, 1.807) is 18.4 Å². The van der Waals surface area contributed by atoms with Crippen molar-refractivity contribution in [3.63, 3.8) is 0 Å². The molecular formula is C13H19N3O2S. The average molecular weight is 281 g/mol. The Balaban J connectivity index is 1.87. The molecular weight excluding hydrogens is 262 g/mol. The van der Waals surface area contributed by atoms with E-state index in [1.165, 1.54) is 4.88 Å². The quantitative estimate of drug-likeness (QED) is 0.841. The number of hydrogen-bond donors (Lipinski definition) is 1. The van der Waals surface area contributed by atoms with Crippen molar-refractivity contribution in [1.29, 1.82) is 0 Å². The first-order valence-corrected chi connectivity index (χ1v) is 7.13. The second kappa shape index (κ2) is 6.27. The van der Waals surface area contributed by atoms with Gasteiger partial charge in [-0.15, -0.1) is 11.3 Å². The van der Waals surface area contributed by atoms with Crippen LogP contribution in [0.5, 0.6) is 0 Å². The summed E-state index contributed by atoms with van der Waals surface area (Å²) < 4.78 is 10.3. The second-order valence-electron chi connectivity index (χ2n) is 4.80. The Morgan fingerprint density at radius 1 is 1.47 bits per heavy atom. The number of thiophene rings is 1. The maximum atomic E-state index is 6.06. The van der Waals surface area contributed by atoms with Crippen LogP contribution in [0.1, 0.15) is 29.9 Å². The summed E-state index contributed by atoms with van der Waals surface area (Å²) in [6, 6.07) is 4.20. The van der Waals surface area contributed by atoms with Gasteiger partial charge in [0, 0.05) is 18.4 Å². The Hall–Kier alpha value is -1.24. The summed E-state index contributed by atoms with van der Waals surface area (Å²) in [5.74, 6) is 1.14. The minimum Gasteiger partial charge on any atom is -0.382 e. The number of aryl methyl sites for hydroxylation is 2. The first kappa shape index (κ1) is 14.2. The Bertz CT molecular complexity index is 494. The fourth-order valence-corrected chi connectivity index (χ4v) is 2.57. The molecule has 0 spiro atoms. The van der Waals surface area contributed by atoms with Crippen LogP contribution in [0, 0.1) is 0 Å². The van der Waals surface area contributed by atoms with Crippen molar-refractivity contribution in [2.24, 2.45) is 5.73 Å². The third kappa shape index (κ3) is 3.86. The van der Waals surface area contributed by atoms with Crippen molar-refractivity contribution >= 4 is 11.3 Å². The number of ether oxygens (including phenoxy) is 1. The molecule has 6 heteroatoms. The Kier molecular flexibility index (Phi) is 4.68. The zero-order chi connectivity index (χ0) is 13.7. The van der Waals surface area contributed by atoms with E-state index >= 15 is 0 Å². The zero-order valence-corrected chi connectivity index (χ0v) is 12.1. The molecule has 0 aromatic carbocycles. The first-order valence-electron chi connectivity index (χ1n) is 6.25. The van der Waals surface area contributed by atoms with Gasteiger partial charge in [-0.25, -0.2) is 0 Å². The normalized spacial score (nSPS) is 14.5. The standard InChI is InChI=1S/C13H19N3O2S/c1-13(14,9-17-2)12-15-11(18-16-12)7-3-5-10-6-4-8-19-10/h4,6,8H,3,5,7,9,14H2,1-2H3. The molecule has 1 unspecified atom stereocenters. The van der Waals surface area contributed by atoms with Crippen molar-refractivity contribution in [1.82, 2.24) is 10.1 Å². The van der Waals surface area contributed by atoms with Gasteiger partial charge in [-0.2, -0.15) is 4.98 Å². The molecule has 0 amide bonds. The third-order valence-electron chi connectivity index (χ3n) is 2.82. The Morgan fingerprint density at radius 2 is 2.32 bits per heavy atom. The number of hydrogen-bond acceptors (Lipinski definition) is 6. The summed E-state index contributed by atoms with van der Waals surface area (Å²) >= 11 is 1.77. The summed E-state index contributed by atoms with van der Waals surface area (Å²) in [4.78, 5) is 5.72. The smallest absolute Gasteiger partial charge is 0.226 e. The molecule has 2 heterocycles. The predicted octanol–water partition coefficient (Wildman–Crippen LogP) is 2.13. The van der Waals surface area contributed by atoms with Gasteiger partial charge in [0.15, 0.2) is 5.82 Å². The van der Waals surface area contributed by atoms with Gasteiger partial charge in [0.05, 0.1) is 6.61 Å². The third-order valence-corrected chi connectivity index (χ3v) is 3.75. The molecule has 2 aromatic rings. The van der Waals surface area contributed by atoms with Gasteiger partial charge in [-0.05, 0) is 31.2 Å². The van der Waals surface area contributed by atoms with E-state index in [0.717, 1.165) is 19.3 Å². The molecule has 104 valence electrons. The van der Waals surface area contributed by atoms with Crippen LogP contribution < -0.4 is 5.73 Å². The van der Waals surface area contributed by atoms with E-state index in [0.29, 0.717) is 18.3 Å². The highest BCUT2D eigenvalue weighted by Crippen LogP contribution is 2.16. The lowest BCUT2D eigenvalue weighted by atomic mass is 10.1. The van der Waals surface area contributed by atoms with Gasteiger partial charge in [0.1, 0.15) is 5.54 Å². The number of methoxy groups -OCH3 is 1. The fourth-order valence-electron chi connectivity index (χ4n) is 1.82. The van der Waals surface area contributed by atoms with Gasteiger partial charge >= 0.3 is 0 Å². The molecule has 2 rings (SSSR count). The van der Waals surface area contributed by atoms with Crippen molar-refractivity contribution in [2.45, 2.75) is 31.7 Å². The van der Waals surface area contributed by atoms with Crippen molar-refractivity contribution in [2.75, 3.05) is 13.7 Å². The fraction of sp³-hybridized carbons (Fsp3) is 0.538. The molecule has 0 saturated carbocycles. The largest absolute Gasteiger partial charge is 0.382 e. The number of nitrogens with two attached hydrogens (primary N) is 1. The summed E-state index contributed by atoms with van der Waals surface area (Å²) in [6.45, 7) is 2.19. The van der Waals surface area contributed by atoms with Crippen LogP contribution in [0.15, 0.2) is 22.0 Å². The summed E-state index contributed by atoms with van der Waals surface area (Å²) in [6.07, 6.45) is 2.80. The van der Waals surface area contributed by atoms with Crippen LogP contribution in [-0.2, 0) is 23.1 Å². The molecule has 0 aliphatic rings. The monoisotopic (exact) mass is 281 g/mol. The molecule has 0 aliphatic carbocycles. The van der Waals surface area contributed by atoms with Gasteiger partial charge in [-0.1, -0.05) is 11.2 Å². The van der Waals surface area contributed by atoms with Crippen LogP contribution >= 0.6 is 11.3 Å². The molecule has 19 heavy (non-hydrogen) atoms. The lowest BCUT2D eigenvalue weighted by Crippen LogP contribution is -2.39. The SMILES string of the molecule is COCC(C)(N)c1noc(CCCc2cccs2)n1. The highest BCUT2D eigenvalue weighted by atomic mass is 32.1. The van der Waals surface area contributed by atoms with E-state index in [1.807, 2.05) is 6.92 Å². The maximum absolute atomic E-state index is 6.06. The van der Waals surface area contributed by atoms with E-state index < -0.39 is 5.54 Å². The van der Waals surface area contributed by atoms with Gasteiger partial charge < -0.3 is 15.0 Å². The molecule has 0 saturated heterocycles. The van der Waals surface area contributed by atoms with Crippen molar-refractivity contribution in [3.8, 4) is 0 Å². The van der Waals surface area contributed by atoms with E-state index in [-0.39, 0.29) is 0 Å². The summed E-state index contributed by atoms with van der Waals surface area (Å²) in [5.41, 5.74) is 5.36. The maximum Gasteiger partial charge on any atom is 0.226 e. The van der Waals surface area contributed by atoms with E-state index in [4.69, 9.17) is 15.0 Å². The zero-order valence-electron chi connectivity index (χ0n) is 11.3. The van der Waals surface area contributed by atoms with Crippen LogP contribution in [0.4, 0.5) is 0 Å². The number of aromatic nitrogens is 2. The van der Waals surface area contributed by atoms with Crippen molar-refractivity contribution in [3.05, 3.63) is 34.1 Å². The molecule has 0 bridgehead atoms. The van der Waals surface area contributed by atoms with Crippen LogP contribution in [0.3, 0.4) is 0 Å². The number of nitrogens with zero attached hydrogens (tertiary/aromatic N) is 2. The van der Waals surface area contributed by atoms with E-state index in [9.17, 15) is 0 Å². The molecule has 0 fully saturated rings. The summed E-state index contributed by atoms with van der Waals surface area (Å²) in [5, 5.41) is 6.02. The molecule has 0 aliphatic heterocycles. The van der Waals surface area contributed by atoms with Gasteiger partial charge in [0.25, 0.3) is 0 Å². The van der Waals surface area contributed by atoms with E-state index in [2.05, 4.69) is 27.7 Å². The minimum atomic E-state index is -0.704. The lowest BCUT2D eigenvalue weighted by molar-refractivity contribution is 0.135. The second-order valence-corrected chi connectivity index (χ2v) is 5.83. The van der Waals surface area contributed by atoms with Crippen LogP contribution in [0.25, 0.3) is 0 Å². The van der Waals surface area contributed by atoms with Gasteiger partial charge in [0.2, 0.25) is 5.89 Å². The highest BCUT2D eigenvalue weighted by molar-refractivity contribution is 7.09. The molecule has 1 atom stereocenters. The van der Waals surface area contributed by atoms with Crippen LogP contribution in [-0.4, -0.2) is 23.9 Å². The van der Waals surface area contributed by atoms with Crippen LogP contribution in [0.2, 0.25) is 0 Å². The molecule has 2 aromatic heterocycles. The summed E-state index contributed by atoms with van der Waals surface area (Å²) in [7, 11) is 1.60. The molecule has 2 N–H and O–H groups in total. The topological polar surface area (TPSA) is 74.2 Å². The predicted molar refractivity (Wildman–Crippen MR) is 74.1 cm³/mol. The molecule has 5 nitrogen and oxygen atoms in total. The Labute approximate surface area is 116 Å². The highest BCUT2D eigenvalue weighted by Gasteiger charge is 2.27. The lowest BCUT2D eigenvalue weighted by Gasteiger charge is -2.18. The van der Waals surface area contributed by atoms with Gasteiger partial charge in [-0.3, -0.25) is 0 Å². The molecule has 0 radical (unpaired) electrons. The first-order chi connectivity index (χ1) is 9.12. The average Bonchev–Trinajstić information content (AvgIpc) is 2.99. The number of rotatable bonds is 7. The Morgan fingerprint density at radius 3 is 3.00 bits per heavy atom. The van der Waals surface area contributed by atoms with Crippen molar-refractivity contribution < 1.29 is 9.26 Å². The minimum absolute atomic E-state index is 0.362.